The second-order valence-electron chi connectivity index (χ2n) is 9.30. The lowest BCUT2D eigenvalue weighted by atomic mass is 9.83. The first-order chi connectivity index (χ1) is 17.7. The Kier molecular flexibility index (Phi) is 7.30. The Balaban J connectivity index is 1.69. The first kappa shape index (κ1) is 25.9. The number of fused-ring (bicyclic) bond motifs is 1. The monoisotopic (exact) mass is 503 g/mol. The van der Waals surface area contributed by atoms with Gasteiger partial charge in [0.1, 0.15) is 23.9 Å². The molecule has 3 atom stereocenters. The minimum Gasteiger partial charge on any atom is -0.480 e. The molecular formula is C27H33N7O3. The van der Waals surface area contributed by atoms with Crippen molar-refractivity contribution in [1.29, 1.82) is 5.41 Å². The Morgan fingerprint density at radius 3 is 2.65 bits per heavy atom. The second kappa shape index (κ2) is 10.4. The van der Waals surface area contributed by atoms with Crippen LogP contribution >= 0.6 is 0 Å². The summed E-state index contributed by atoms with van der Waals surface area (Å²) in [6.07, 6.45) is 7.42. The number of nitrogens with two attached hydrogens (primary N) is 1. The highest BCUT2D eigenvalue weighted by Crippen LogP contribution is 2.47. The Labute approximate surface area is 216 Å². The van der Waals surface area contributed by atoms with Crippen LogP contribution < -0.4 is 16.0 Å². The molecule has 1 aromatic carbocycles. The number of nitrogen functional groups attached to an aromatic ring is 1. The van der Waals surface area contributed by atoms with Crippen molar-refractivity contribution >= 4 is 29.7 Å². The smallest absolute Gasteiger partial charge is 0.326 e. The van der Waals surface area contributed by atoms with Crippen molar-refractivity contribution in [2.75, 3.05) is 23.8 Å². The molecule has 0 bridgehead atoms. The van der Waals surface area contributed by atoms with Gasteiger partial charge in [-0.15, -0.1) is 0 Å². The van der Waals surface area contributed by atoms with Crippen LogP contribution in [-0.2, 0) is 9.59 Å². The molecule has 0 saturated carbocycles. The van der Waals surface area contributed by atoms with Gasteiger partial charge in [0, 0.05) is 35.4 Å². The summed E-state index contributed by atoms with van der Waals surface area (Å²) in [5.41, 5.74) is 8.16. The molecule has 0 spiro atoms. The Morgan fingerprint density at radius 2 is 2.08 bits per heavy atom. The molecule has 2 aromatic rings. The first-order valence-corrected chi connectivity index (χ1v) is 12.2. The van der Waals surface area contributed by atoms with Gasteiger partial charge < -0.3 is 21.1 Å². The number of carboxylic acids is 1. The van der Waals surface area contributed by atoms with E-state index in [1.54, 1.807) is 37.4 Å². The number of amidine groups is 1. The number of aliphatic carboxylic acids is 1. The lowest BCUT2D eigenvalue weighted by Crippen LogP contribution is -2.50. The standard InChI is InChI=1S/C27H33N7O3/c1-4-27-13-12-21(33(17-35)23-7-5-6-14-30-23)15-22(27)34(18(2)26(36)37)24(32(27)3)16-31-20-10-8-19(9-11-20)25(28)29/h5-12,14-15,17-18,24,31H,4,13,16H2,1-3H3,(H3,28,29)(H,36,37)/t18-,24+,27+/m0/s1. The summed E-state index contributed by atoms with van der Waals surface area (Å²) in [6, 6.07) is 11.8. The number of hydrogen-bond donors (Lipinski definition) is 4. The van der Waals surface area contributed by atoms with Crippen molar-refractivity contribution < 1.29 is 14.7 Å². The maximum Gasteiger partial charge on any atom is 0.326 e. The maximum absolute atomic E-state index is 12.2. The van der Waals surface area contributed by atoms with E-state index in [1.165, 1.54) is 4.90 Å². The third-order valence-electron chi connectivity index (χ3n) is 7.46. The van der Waals surface area contributed by atoms with Crippen LogP contribution in [0.5, 0.6) is 0 Å². The number of nitrogens with zero attached hydrogens (tertiary/aromatic N) is 4. The van der Waals surface area contributed by atoms with Crippen LogP contribution in [0.15, 0.2) is 72.2 Å². The maximum atomic E-state index is 12.2. The van der Waals surface area contributed by atoms with Gasteiger partial charge in [-0.1, -0.05) is 19.1 Å². The van der Waals surface area contributed by atoms with Gasteiger partial charge in [0.15, 0.2) is 0 Å². The van der Waals surface area contributed by atoms with Crippen molar-refractivity contribution in [3.63, 3.8) is 0 Å². The van der Waals surface area contributed by atoms with Crippen molar-refractivity contribution in [1.82, 2.24) is 14.8 Å². The fourth-order valence-electron chi connectivity index (χ4n) is 5.27. The van der Waals surface area contributed by atoms with Crippen molar-refractivity contribution in [2.24, 2.45) is 5.73 Å². The number of hydrogen-bond acceptors (Lipinski definition) is 7. The quantitative estimate of drug-likeness (QED) is 0.221. The summed E-state index contributed by atoms with van der Waals surface area (Å²) in [4.78, 5) is 34.3. The van der Waals surface area contributed by atoms with Gasteiger partial charge in [0.05, 0.1) is 5.54 Å². The van der Waals surface area contributed by atoms with E-state index in [9.17, 15) is 14.7 Å². The van der Waals surface area contributed by atoms with Gasteiger partial charge in [0.2, 0.25) is 6.41 Å². The summed E-state index contributed by atoms with van der Waals surface area (Å²) in [5, 5.41) is 21.0. The van der Waals surface area contributed by atoms with E-state index >= 15 is 0 Å². The van der Waals surface area contributed by atoms with Gasteiger partial charge >= 0.3 is 5.97 Å². The van der Waals surface area contributed by atoms with Gasteiger partial charge in [-0.2, -0.15) is 0 Å². The molecule has 1 saturated heterocycles. The predicted octanol–water partition coefficient (Wildman–Crippen LogP) is 2.81. The summed E-state index contributed by atoms with van der Waals surface area (Å²) in [5.74, 6) is -0.422. The molecular weight excluding hydrogens is 470 g/mol. The number of likely N-dealkylation sites (N-methyl/N-ethyl adjacent to an activating group) is 1. The molecule has 1 fully saturated rings. The third-order valence-corrected chi connectivity index (χ3v) is 7.46. The zero-order valence-electron chi connectivity index (χ0n) is 21.3. The van der Waals surface area contributed by atoms with Gasteiger partial charge in [0.25, 0.3) is 0 Å². The van der Waals surface area contributed by atoms with Gasteiger partial charge in [-0.3, -0.25) is 20.0 Å². The number of nitrogens with one attached hydrogen (secondary N) is 2. The highest BCUT2D eigenvalue weighted by Gasteiger charge is 2.54. The Morgan fingerprint density at radius 1 is 1.35 bits per heavy atom. The van der Waals surface area contributed by atoms with Crippen molar-refractivity contribution in [3.05, 3.63) is 77.8 Å². The zero-order chi connectivity index (χ0) is 26.7. The van der Waals surface area contributed by atoms with E-state index in [2.05, 4.69) is 22.1 Å². The number of aromatic nitrogens is 1. The number of carboxylic acid groups (broad SMARTS) is 1. The Bertz CT molecular complexity index is 1230. The highest BCUT2D eigenvalue weighted by molar-refractivity contribution is 5.95. The van der Waals surface area contributed by atoms with Gasteiger partial charge in [-0.25, -0.2) is 9.78 Å². The lowest BCUT2D eigenvalue weighted by molar-refractivity contribution is -0.142. The topological polar surface area (TPSA) is 139 Å². The largest absolute Gasteiger partial charge is 0.480 e. The molecule has 194 valence electrons. The number of allylic oxidation sites excluding steroid dienone is 1. The number of pyridine rings is 1. The minimum atomic E-state index is -0.926. The number of carbonyl (C=O) groups is 2. The molecule has 10 nitrogen and oxygen atoms in total. The highest BCUT2D eigenvalue weighted by atomic mass is 16.4. The molecule has 4 rings (SSSR count). The van der Waals surface area contributed by atoms with E-state index in [0.717, 1.165) is 24.2 Å². The fourth-order valence-corrected chi connectivity index (χ4v) is 5.27. The molecule has 37 heavy (non-hydrogen) atoms. The van der Waals surface area contributed by atoms with Crippen LogP contribution in [0.2, 0.25) is 0 Å². The van der Waals surface area contributed by atoms with Gasteiger partial charge in [-0.05, 0) is 69.3 Å². The molecule has 0 radical (unpaired) electrons. The normalized spacial score (nSPS) is 21.9. The van der Waals surface area contributed by atoms with E-state index in [-0.39, 0.29) is 12.0 Å². The molecule has 10 heteroatoms. The molecule has 2 aliphatic rings. The summed E-state index contributed by atoms with van der Waals surface area (Å²) in [7, 11) is 2.02. The molecule has 5 N–H and O–H groups in total. The van der Waals surface area contributed by atoms with Crippen LogP contribution in [0.4, 0.5) is 11.5 Å². The number of rotatable bonds is 10. The average molecular weight is 504 g/mol. The number of amides is 1. The van der Waals surface area contributed by atoms with Crippen LogP contribution in [0.25, 0.3) is 0 Å². The molecule has 2 heterocycles. The van der Waals surface area contributed by atoms with E-state index in [0.29, 0.717) is 30.0 Å². The van der Waals surface area contributed by atoms with Crippen LogP contribution in [0.1, 0.15) is 32.3 Å². The predicted molar refractivity (Wildman–Crippen MR) is 143 cm³/mol. The average Bonchev–Trinajstić information content (AvgIpc) is 3.15. The number of benzene rings is 1. The van der Waals surface area contributed by atoms with Crippen LogP contribution in [0, 0.1) is 5.41 Å². The first-order valence-electron chi connectivity index (χ1n) is 12.2. The summed E-state index contributed by atoms with van der Waals surface area (Å²) in [6.45, 7) is 4.24. The third kappa shape index (κ3) is 4.67. The van der Waals surface area contributed by atoms with Crippen molar-refractivity contribution in [2.45, 2.75) is 44.4 Å². The van der Waals surface area contributed by atoms with E-state index in [1.807, 2.05) is 42.3 Å². The fraction of sp³-hybridized carbons (Fsp3) is 0.333. The number of anilines is 2. The van der Waals surface area contributed by atoms with E-state index in [4.69, 9.17) is 11.1 Å². The molecule has 0 unspecified atom stereocenters. The molecule has 1 aliphatic heterocycles. The summed E-state index contributed by atoms with van der Waals surface area (Å²) < 4.78 is 0. The van der Waals surface area contributed by atoms with E-state index < -0.39 is 17.6 Å². The van der Waals surface area contributed by atoms with Crippen molar-refractivity contribution in [3.8, 4) is 0 Å². The minimum absolute atomic E-state index is 0.00260. The second-order valence-corrected chi connectivity index (χ2v) is 9.30. The van der Waals surface area contributed by atoms with Crippen LogP contribution in [0.3, 0.4) is 0 Å². The summed E-state index contributed by atoms with van der Waals surface area (Å²) >= 11 is 0. The molecule has 1 amide bonds. The number of carbonyl (C=O) groups excluding carboxylic acids is 1. The molecule has 1 aliphatic carbocycles. The SMILES string of the molecule is CC[C@@]12CC=C(N(C=O)c3ccccn3)C=C1N([C@@H](C)C(=O)O)[C@H](CNc1ccc(C(=N)N)cc1)N2C. The zero-order valence-corrected chi connectivity index (χ0v) is 21.3. The lowest BCUT2D eigenvalue weighted by Gasteiger charge is -2.39. The van der Waals surface area contributed by atoms with Crippen LogP contribution in [-0.4, -0.2) is 69.4 Å². The Hall–Kier alpha value is -4.18. The molecule has 1 aromatic heterocycles.